The van der Waals surface area contributed by atoms with E-state index < -0.39 is 6.36 Å². The highest BCUT2D eigenvalue weighted by Crippen LogP contribution is 2.32. The van der Waals surface area contributed by atoms with E-state index in [4.69, 9.17) is 0 Å². The van der Waals surface area contributed by atoms with Crippen molar-refractivity contribution in [3.05, 3.63) is 29.8 Å². The van der Waals surface area contributed by atoms with Crippen LogP contribution in [0.1, 0.15) is 31.7 Å². The Morgan fingerprint density at radius 1 is 1.27 bits per heavy atom. The molecule has 0 saturated heterocycles. The van der Waals surface area contributed by atoms with Crippen molar-refractivity contribution < 1.29 is 17.9 Å². The lowest BCUT2D eigenvalue weighted by molar-refractivity contribution is -0.274. The molecular formula is C11H13F3O. The van der Waals surface area contributed by atoms with Gasteiger partial charge in [0.05, 0.1) is 0 Å². The number of alkyl halides is 3. The van der Waals surface area contributed by atoms with Gasteiger partial charge in [0.1, 0.15) is 5.75 Å². The Labute approximate surface area is 86.9 Å². The molecule has 15 heavy (non-hydrogen) atoms. The van der Waals surface area contributed by atoms with E-state index >= 15 is 0 Å². The van der Waals surface area contributed by atoms with Gasteiger partial charge in [-0.3, -0.25) is 0 Å². The quantitative estimate of drug-likeness (QED) is 0.742. The van der Waals surface area contributed by atoms with Crippen LogP contribution in [-0.4, -0.2) is 6.36 Å². The molecule has 1 aromatic rings. The molecule has 0 saturated carbocycles. The molecule has 1 unspecified atom stereocenters. The minimum absolute atomic E-state index is 0.0588. The van der Waals surface area contributed by atoms with Gasteiger partial charge in [-0.05, 0) is 24.0 Å². The first-order chi connectivity index (χ1) is 6.94. The predicted octanol–water partition coefficient (Wildman–Crippen LogP) is 4.10. The highest BCUT2D eigenvalue weighted by atomic mass is 19.4. The average molecular weight is 218 g/mol. The number of halogens is 3. The second kappa shape index (κ2) is 4.55. The summed E-state index contributed by atoms with van der Waals surface area (Å²) in [5, 5.41) is 0. The van der Waals surface area contributed by atoms with Gasteiger partial charge in [0, 0.05) is 0 Å². The third-order valence-corrected chi connectivity index (χ3v) is 2.29. The molecule has 1 nitrogen and oxygen atoms in total. The lowest BCUT2D eigenvalue weighted by Crippen LogP contribution is -2.18. The van der Waals surface area contributed by atoms with Gasteiger partial charge < -0.3 is 4.74 Å². The molecule has 0 amide bonds. The molecule has 0 N–H and O–H groups in total. The minimum atomic E-state index is -4.62. The van der Waals surface area contributed by atoms with Crippen LogP contribution in [0.4, 0.5) is 13.2 Å². The zero-order valence-corrected chi connectivity index (χ0v) is 8.64. The molecule has 0 radical (unpaired) electrons. The Morgan fingerprint density at radius 3 is 2.40 bits per heavy atom. The highest BCUT2D eigenvalue weighted by Gasteiger charge is 2.32. The van der Waals surface area contributed by atoms with Crippen molar-refractivity contribution in [1.82, 2.24) is 0 Å². The zero-order valence-electron chi connectivity index (χ0n) is 8.64. The molecule has 1 aromatic carbocycles. The van der Waals surface area contributed by atoms with Gasteiger partial charge in [0.2, 0.25) is 0 Å². The molecule has 0 heterocycles. The Bertz CT molecular complexity index is 320. The van der Waals surface area contributed by atoms with Crippen LogP contribution in [0.15, 0.2) is 24.3 Å². The van der Waals surface area contributed by atoms with Crippen LogP contribution in [0.2, 0.25) is 0 Å². The van der Waals surface area contributed by atoms with E-state index in [-0.39, 0.29) is 11.7 Å². The van der Waals surface area contributed by atoms with E-state index in [2.05, 4.69) is 4.74 Å². The summed E-state index contributed by atoms with van der Waals surface area (Å²) in [5.74, 6) is -0.0390. The van der Waals surface area contributed by atoms with Crippen LogP contribution in [-0.2, 0) is 0 Å². The lowest BCUT2D eigenvalue weighted by atomic mass is 9.98. The molecule has 1 rings (SSSR count). The van der Waals surface area contributed by atoms with Crippen molar-refractivity contribution in [2.24, 2.45) is 0 Å². The Balaban J connectivity index is 2.96. The number of benzene rings is 1. The maximum Gasteiger partial charge on any atom is 0.573 e. The lowest BCUT2D eigenvalue weighted by Gasteiger charge is -2.16. The molecule has 0 aliphatic carbocycles. The maximum atomic E-state index is 12.1. The summed E-state index contributed by atoms with van der Waals surface area (Å²) in [6.45, 7) is 3.80. The van der Waals surface area contributed by atoms with Gasteiger partial charge in [0.15, 0.2) is 0 Å². The van der Waals surface area contributed by atoms with Crippen molar-refractivity contribution in [3.8, 4) is 5.75 Å². The van der Waals surface area contributed by atoms with E-state index in [0.29, 0.717) is 5.56 Å². The van der Waals surface area contributed by atoms with E-state index in [1.807, 2.05) is 13.8 Å². The SMILES string of the molecule is CCC(C)c1ccccc1OC(F)(F)F. The Kier molecular flexibility index (Phi) is 3.61. The van der Waals surface area contributed by atoms with E-state index in [9.17, 15) is 13.2 Å². The van der Waals surface area contributed by atoms with Crippen LogP contribution in [0.25, 0.3) is 0 Å². The van der Waals surface area contributed by atoms with Crippen molar-refractivity contribution in [2.75, 3.05) is 0 Å². The summed E-state index contributed by atoms with van der Waals surface area (Å²) in [5.41, 5.74) is 0.595. The molecule has 0 aliphatic heterocycles. The molecule has 4 heteroatoms. The van der Waals surface area contributed by atoms with Crippen molar-refractivity contribution in [1.29, 1.82) is 0 Å². The van der Waals surface area contributed by atoms with Gasteiger partial charge in [-0.25, -0.2) is 0 Å². The van der Waals surface area contributed by atoms with Crippen LogP contribution in [0.3, 0.4) is 0 Å². The monoisotopic (exact) mass is 218 g/mol. The Hall–Kier alpha value is -1.19. The normalized spacial score (nSPS) is 13.7. The Morgan fingerprint density at radius 2 is 1.87 bits per heavy atom. The predicted molar refractivity (Wildman–Crippen MR) is 51.8 cm³/mol. The first-order valence-corrected chi connectivity index (χ1v) is 4.78. The van der Waals surface area contributed by atoms with E-state index in [1.54, 1.807) is 12.1 Å². The first kappa shape index (κ1) is 11.9. The average Bonchev–Trinajstić information content (AvgIpc) is 2.15. The summed E-state index contributed by atoms with van der Waals surface area (Å²) in [6.07, 6.45) is -3.85. The topological polar surface area (TPSA) is 9.23 Å². The second-order valence-electron chi connectivity index (χ2n) is 3.39. The summed E-state index contributed by atoms with van der Waals surface area (Å²) < 4.78 is 40.2. The summed E-state index contributed by atoms with van der Waals surface area (Å²) in [7, 11) is 0. The number of hydrogen-bond acceptors (Lipinski definition) is 1. The maximum absolute atomic E-state index is 12.1. The van der Waals surface area contributed by atoms with Crippen LogP contribution in [0, 0.1) is 0 Å². The summed E-state index contributed by atoms with van der Waals surface area (Å²) >= 11 is 0. The molecule has 0 fully saturated rings. The largest absolute Gasteiger partial charge is 0.573 e. The molecule has 84 valence electrons. The van der Waals surface area contributed by atoms with Crippen molar-refractivity contribution >= 4 is 0 Å². The molecule has 0 aromatic heterocycles. The third kappa shape index (κ3) is 3.46. The van der Waals surface area contributed by atoms with Gasteiger partial charge in [0.25, 0.3) is 0 Å². The summed E-state index contributed by atoms with van der Waals surface area (Å²) in [4.78, 5) is 0. The second-order valence-corrected chi connectivity index (χ2v) is 3.39. The fourth-order valence-corrected chi connectivity index (χ4v) is 1.33. The van der Waals surface area contributed by atoms with E-state index in [0.717, 1.165) is 6.42 Å². The van der Waals surface area contributed by atoms with Gasteiger partial charge >= 0.3 is 6.36 Å². The number of hydrogen-bond donors (Lipinski definition) is 0. The van der Waals surface area contributed by atoms with Gasteiger partial charge in [-0.2, -0.15) is 0 Å². The zero-order chi connectivity index (χ0) is 11.5. The van der Waals surface area contributed by atoms with Gasteiger partial charge in [-0.15, -0.1) is 13.2 Å². The number of rotatable bonds is 3. The molecule has 0 spiro atoms. The van der Waals surface area contributed by atoms with Crippen LogP contribution < -0.4 is 4.74 Å². The van der Waals surface area contributed by atoms with Crippen LogP contribution >= 0.6 is 0 Å². The summed E-state index contributed by atoms with van der Waals surface area (Å²) in [6, 6.07) is 6.25. The molecule has 1 atom stereocenters. The van der Waals surface area contributed by atoms with Crippen LogP contribution in [0.5, 0.6) is 5.75 Å². The van der Waals surface area contributed by atoms with Crippen molar-refractivity contribution in [3.63, 3.8) is 0 Å². The third-order valence-electron chi connectivity index (χ3n) is 2.29. The number of ether oxygens (including phenoxy) is 1. The first-order valence-electron chi connectivity index (χ1n) is 4.78. The fraction of sp³-hybridized carbons (Fsp3) is 0.455. The molecule has 0 aliphatic rings. The fourth-order valence-electron chi connectivity index (χ4n) is 1.33. The van der Waals surface area contributed by atoms with Crippen molar-refractivity contribution in [2.45, 2.75) is 32.5 Å². The highest BCUT2D eigenvalue weighted by molar-refractivity contribution is 5.35. The smallest absolute Gasteiger partial charge is 0.405 e. The minimum Gasteiger partial charge on any atom is -0.405 e. The van der Waals surface area contributed by atoms with Gasteiger partial charge in [-0.1, -0.05) is 32.0 Å². The number of para-hydroxylation sites is 1. The van der Waals surface area contributed by atoms with E-state index in [1.165, 1.54) is 12.1 Å². The molecule has 0 bridgehead atoms. The molecular weight excluding hydrogens is 205 g/mol. The standard InChI is InChI=1S/C11H13F3O/c1-3-8(2)9-6-4-5-7-10(9)15-11(12,13)14/h4-8H,3H2,1-2H3.